The molecule has 1 aliphatic rings. The number of carbonyl (C=O) groups excluding carboxylic acids is 1. The minimum atomic E-state index is -0.267. The van der Waals surface area contributed by atoms with Crippen LogP contribution in [0.5, 0.6) is 0 Å². The summed E-state index contributed by atoms with van der Waals surface area (Å²) in [5.74, 6) is 0.286. The first-order valence-electron chi connectivity index (χ1n) is 6.41. The summed E-state index contributed by atoms with van der Waals surface area (Å²) in [5, 5.41) is 0. The molecule has 2 rings (SSSR count). The largest absolute Gasteiger partial charge is 0.468 e. The highest BCUT2D eigenvalue weighted by molar-refractivity contribution is 9.10. The van der Waals surface area contributed by atoms with Crippen LogP contribution >= 0.6 is 15.9 Å². The molecule has 0 radical (unpaired) electrons. The molecule has 0 bridgehead atoms. The summed E-state index contributed by atoms with van der Waals surface area (Å²) in [6, 6.07) is 1.67. The fourth-order valence-electron chi connectivity index (χ4n) is 2.34. The van der Waals surface area contributed by atoms with Crippen molar-refractivity contribution < 1.29 is 9.53 Å². The van der Waals surface area contributed by atoms with Crippen molar-refractivity contribution in [1.29, 1.82) is 0 Å². The van der Waals surface area contributed by atoms with Crippen LogP contribution in [0.25, 0.3) is 0 Å². The maximum atomic E-state index is 11.9. The molecule has 2 heterocycles. The third-order valence-corrected chi connectivity index (χ3v) is 3.94. The fraction of sp³-hybridized carbons (Fsp3) is 0.538. The lowest BCUT2D eigenvalue weighted by atomic mass is 10.1. The first-order chi connectivity index (χ1) is 9.51. The number of likely N-dealkylation sites (N-methyl/N-ethyl adjacent to an activating group) is 1. The standard InChI is InChI=1S/C13H19BrN4O2/c1-17-3-4-18(11(8-17)13(19)20-2)7-9-5-10(14)6-16-12(9)15/h5-6,11H,3-4,7-8H2,1-2H3,(H2,15,16). The number of rotatable bonds is 3. The van der Waals surface area contributed by atoms with Gasteiger partial charge in [0.1, 0.15) is 11.9 Å². The summed E-state index contributed by atoms with van der Waals surface area (Å²) in [6.45, 7) is 2.96. The molecule has 0 aliphatic carbocycles. The molecule has 110 valence electrons. The highest BCUT2D eigenvalue weighted by Crippen LogP contribution is 2.20. The smallest absolute Gasteiger partial charge is 0.324 e. The molecule has 0 amide bonds. The summed E-state index contributed by atoms with van der Waals surface area (Å²) >= 11 is 3.39. The van der Waals surface area contributed by atoms with Gasteiger partial charge in [0.25, 0.3) is 0 Å². The second kappa shape index (κ2) is 6.51. The normalized spacial score (nSPS) is 20.9. The molecule has 1 aliphatic heterocycles. The number of hydrogen-bond acceptors (Lipinski definition) is 6. The van der Waals surface area contributed by atoms with Gasteiger partial charge in [-0.15, -0.1) is 0 Å². The van der Waals surface area contributed by atoms with Crippen LogP contribution in [0.3, 0.4) is 0 Å². The van der Waals surface area contributed by atoms with Gasteiger partial charge in [-0.25, -0.2) is 4.98 Å². The average Bonchev–Trinajstić information content (AvgIpc) is 2.43. The lowest BCUT2D eigenvalue weighted by Crippen LogP contribution is -2.55. The van der Waals surface area contributed by atoms with E-state index in [0.717, 1.165) is 23.1 Å². The van der Waals surface area contributed by atoms with Gasteiger partial charge in [-0.2, -0.15) is 0 Å². The molecule has 2 N–H and O–H groups in total. The predicted octanol–water partition coefficient (Wildman–Crippen LogP) is 0.715. The lowest BCUT2D eigenvalue weighted by molar-refractivity contribution is -0.149. The summed E-state index contributed by atoms with van der Waals surface area (Å²) in [4.78, 5) is 20.3. The Hall–Kier alpha value is -1.18. The van der Waals surface area contributed by atoms with E-state index in [2.05, 4.69) is 30.7 Å². The molecule has 7 heteroatoms. The SMILES string of the molecule is COC(=O)C1CN(C)CCN1Cc1cc(Br)cnc1N. The zero-order valence-electron chi connectivity index (χ0n) is 11.7. The van der Waals surface area contributed by atoms with E-state index in [9.17, 15) is 4.79 Å². The molecule has 1 atom stereocenters. The number of nitrogens with zero attached hydrogens (tertiary/aromatic N) is 3. The van der Waals surface area contributed by atoms with E-state index in [1.807, 2.05) is 13.1 Å². The number of esters is 1. The van der Waals surface area contributed by atoms with Crippen molar-refractivity contribution >= 4 is 27.7 Å². The molecule has 0 saturated carbocycles. The number of ether oxygens (including phenoxy) is 1. The second-order valence-electron chi connectivity index (χ2n) is 4.97. The number of methoxy groups -OCH3 is 1. The monoisotopic (exact) mass is 342 g/mol. The van der Waals surface area contributed by atoms with Gasteiger partial charge in [0.15, 0.2) is 0 Å². The van der Waals surface area contributed by atoms with Gasteiger partial charge in [0.2, 0.25) is 0 Å². The van der Waals surface area contributed by atoms with Crippen LogP contribution in [-0.4, -0.2) is 60.6 Å². The van der Waals surface area contributed by atoms with Crippen LogP contribution in [0.2, 0.25) is 0 Å². The number of carbonyl (C=O) groups is 1. The van der Waals surface area contributed by atoms with Gasteiger partial charge in [0.05, 0.1) is 7.11 Å². The van der Waals surface area contributed by atoms with Crippen LogP contribution in [-0.2, 0) is 16.1 Å². The molecule has 1 unspecified atom stereocenters. The van der Waals surface area contributed by atoms with E-state index in [1.165, 1.54) is 7.11 Å². The molecule has 1 aromatic rings. The van der Waals surface area contributed by atoms with Gasteiger partial charge in [-0.05, 0) is 29.0 Å². The molecular weight excluding hydrogens is 324 g/mol. The lowest BCUT2D eigenvalue weighted by Gasteiger charge is -2.38. The number of piperazine rings is 1. The predicted molar refractivity (Wildman–Crippen MR) is 80.1 cm³/mol. The molecule has 1 aromatic heterocycles. The van der Waals surface area contributed by atoms with Crippen LogP contribution in [0.15, 0.2) is 16.7 Å². The quantitative estimate of drug-likeness (QED) is 0.816. The van der Waals surface area contributed by atoms with Crippen molar-refractivity contribution in [2.24, 2.45) is 0 Å². The molecule has 1 saturated heterocycles. The highest BCUT2D eigenvalue weighted by Gasteiger charge is 2.32. The van der Waals surface area contributed by atoms with E-state index in [1.54, 1.807) is 6.20 Å². The van der Waals surface area contributed by atoms with Crippen molar-refractivity contribution in [3.05, 3.63) is 22.3 Å². The Bertz CT molecular complexity index is 497. The van der Waals surface area contributed by atoms with Crippen molar-refractivity contribution in [3.63, 3.8) is 0 Å². The Morgan fingerprint density at radius 1 is 1.60 bits per heavy atom. The van der Waals surface area contributed by atoms with Crippen molar-refractivity contribution in [2.45, 2.75) is 12.6 Å². The van der Waals surface area contributed by atoms with Crippen molar-refractivity contribution in [1.82, 2.24) is 14.8 Å². The minimum absolute atomic E-state index is 0.210. The topological polar surface area (TPSA) is 71.7 Å². The number of halogens is 1. The van der Waals surface area contributed by atoms with Gasteiger partial charge in [0, 0.05) is 42.4 Å². The molecule has 6 nitrogen and oxygen atoms in total. The maximum absolute atomic E-state index is 11.9. The molecular formula is C13H19BrN4O2. The third kappa shape index (κ3) is 3.47. The Morgan fingerprint density at radius 3 is 3.05 bits per heavy atom. The number of nitrogen functional groups attached to an aromatic ring is 1. The third-order valence-electron chi connectivity index (χ3n) is 3.51. The van der Waals surface area contributed by atoms with Crippen LogP contribution in [0.1, 0.15) is 5.56 Å². The summed E-state index contributed by atoms with van der Waals surface area (Å²) in [7, 11) is 3.42. The van der Waals surface area contributed by atoms with Gasteiger partial charge in [-0.1, -0.05) is 0 Å². The number of nitrogens with two attached hydrogens (primary N) is 1. The fourth-order valence-corrected chi connectivity index (χ4v) is 2.72. The molecule has 0 spiro atoms. The van der Waals surface area contributed by atoms with E-state index in [4.69, 9.17) is 10.5 Å². The van der Waals surface area contributed by atoms with Gasteiger partial charge in [-0.3, -0.25) is 9.69 Å². The number of hydrogen-bond donors (Lipinski definition) is 1. The van der Waals surface area contributed by atoms with Crippen molar-refractivity contribution in [3.8, 4) is 0 Å². The van der Waals surface area contributed by atoms with Gasteiger partial charge < -0.3 is 15.4 Å². The minimum Gasteiger partial charge on any atom is -0.468 e. The average molecular weight is 343 g/mol. The summed E-state index contributed by atoms with van der Waals surface area (Å²) in [6.07, 6.45) is 1.67. The van der Waals surface area contributed by atoms with E-state index < -0.39 is 0 Å². The van der Waals surface area contributed by atoms with E-state index in [0.29, 0.717) is 18.9 Å². The number of aromatic nitrogens is 1. The maximum Gasteiger partial charge on any atom is 0.324 e. The molecule has 20 heavy (non-hydrogen) atoms. The molecule has 1 fully saturated rings. The first-order valence-corrected chi connectivity index (χ1v) is 7.21. The van der Waals surface area contributed by atoms with Crippen LogP contribution in [0.4, 0.5) is 5.82 Å². The van der Waals surface area contributed by atoms with E-state index >= 15 is 0 Å². The Morgan fingerprint density at radius 2 is 2.35 bits per heavy atom. The highest BCUT2D eigenvalue weighted by atomic mass is 79.9. The Balaban J connectivity index is 2.17. The Labute approximate surface area is 127 Å². The number of pyridine rings is 1. The Kier molecular flexibility index (Phi) is 4.95. The van der Waals surface area contributed by atoms with Crippen LogP contribution < -0.4 is 5.73 Å². The van der Waals surface area contributed by atoms with Gasteiger partial charge >= 0.3 is 5.97 Å². The van der Waals surface area contributed by atoms with Crippen molar-refractivity contribution in [2.75, 3.05) is 39.5 Å². The zero-order chi connectivity index (χ0) is 14.7. The summed E-state index contributed by atoms with van der Waals surface area (Å²) in [5.41, 5.74) is 6.82. The van der Waals surface area contributed by atoms with Crippen LogP contribution in [0, 0.1) is 0 Å². The first kappa shape index (κ1) is 15.2. The van der Waals surface area contributed by atoms with E-state index in [-0.39, 0.29) is 12.0 Å². The summed E-state index contributed by atoms with van der Waals surface area (Å²) < 4.78 is 5.78. The second-order valence-corrected chi connectivity index (χ2v) is 5.89. The number of anilines is 1. The molecule has 0 aromatic carbocycles. The zero-order valence-corrected chi connectivity index (χ0v) is 13.3.